The van der Waals surface area contributed by atoms with Gasteiger partial charge in [-0.25, -0.2) is 0 Å². The molecule has 3 aromatic rings. The average molecular weight is 353 g/mol. The molecule has 1 fully saturated rings. The lowest BCUT2D eigenvalue weighted by Crippen LogP contribution is -2.27. The topological polar surface area (TPSA) is 54.4 Å². The van der Waals surface area contributed by atoms with E-state index in [9.17, 15) is 0 Å². The van der Waals surface area contributed by atoms with Crippen LogP contribution in [0.5, 0.6) is 0 Å². The zero-order valence-electron chi connectivity index (χ0n) is 15.6. The third kappa shape index (κ3) is 3.55. The molecule has 3 heterocycles. The van der Waals surface area contributed by atoms with Gasteiger partial charge in [0.05, 0.1) is 12.0 Å². The van der Waals surface area contributed by atoms with E-state index < -0.39 is 0 Å². The van der Waals surface area contributed by atoms with Crippen LogP contribution in [0.1, 0.15) is 30.5 Å². The largest absolute Gasteiger partial charge is 0.464 e. The molecule has 2 aromatic heterocycles. The first kappa shape index (κ1) is 17.3. The normalized spacial score (nSPS) is 16.0. The maximum Gasteiger partial charge on any atom is 0.172 e. The summed E-state index contributed by atoms with van der Waals surface area (Å²) in [5, 5.41) is 9.01. The van der Waals surface area contributed by atoms with E-state index in [4.69, 9.17) is 8.94 Å². The van der Waals surface area contributed by atoms with Crippen LogP contribution in [0.3, 0.4) is 0 Å². The molecule has 138 valence electrons. The second-order valence-corrected chi connectivity index (χ2v) is 7.54. The maximum absolute atomic E-state index is 5.83. The number of aryl methyl sites for hydroxylation is 1. The zero-order chi connectivity index (χ0) is 17.9. The first-order valence-corrected chi connectivity index (χ1v) is 9.52. The standard InChI is InChI=1S/C21H27N3O2/c1-24(2)14-18-16(20-4-3-13-25-20)6-7-17-19(23-26-21(17)18)8-5-15-9-11-22-12-10-15/h3-4,6-7,13,15,22H,5,8-12,14H2,1-2H3. The van der Waals surface area contributed by atoms with E-state index in [0.717, 1.165) is 65.5 Å². The summed E-state index contributed by atoms with van der Waals surface area (Å²) in [6.07, 6.45) is 6.42. The van der Waals surface area contributed by atoms with Crippen molar-refractivity contribution in [1.82, 2.24) is 15.4 Å². The van der Waals surface area contributed by atoms with Gasteiger partial charge in [0.1, 0.15) is 5.76 Å². The Morgan fingerprint density at radius 3 is 2.77 bits per heavy atom. The maximum atomic E-state index is 5.83. The second-order valence-electron chi connectivity index (χ2n) is 7.54. The Morgan fingerprint density at radius 2 is 2.04 bits per heavy atom. The molecular weight excluding hydrogens is 326 g/mol. The van der Waals surface area contributed by atoms with Crippen LogP contribution in [-0.2, 0) is 13.0 Å². The van der Waals surface area contributed by atoms with E-state index in [1.54, 1.807) is 6.26 Å². The fraction of sp³-hybridized carbons (Fsp3) is 0.476. The highest BCUT2D eigenvalue weighted by Crippen LogP contribution is 2.33. The smallest absolute Gasteiger partial charge is 0.172 e. The van der Waals surface area contributed by atoms with Crippen LogP contribution in [0.2, 0.25) is 0 Å². The van der Waals surface area contributed by atoms with Crippen molar-refractivity contribution in [3.8, 4) is 11.3 Å². The van der Waals surface area contributed by atoms with Crippen molar-refractivity contribution in [2.45, 2.75) is 32.2 Å². The molecule has 0 spiro atoms. The Hall–Kier alpha value is -2.11. The average Bonchev–Trinajstić information content (AvgIpc) is 3.31. The quantitative estimate of drug-likeness (QED) is 0.724. The second kappa shape index (κ2) is 7.64. The highest BCUT2D eigenvalue weighted by Gasteiger charge is 2.20. The lowest BCUT2D eigenvalue weighted by atomic mass is 9.91. The minimum Gasteiger partial charge on any atom is -0.464 e. The summed E-state index contributed by atoms with van der Waals surface area (Å²) in [5.74, 6) is 1.67. The van der Waals surface area contributed by atoms with E-state index in [1.165, 1.54) is 19.3 Å². The van der Waals surface area contributed by atoms with Crippen molar-refractivity contribution < 1.29 is 8.94 Å². The third-order valence-electron chi connectivity index (χ3n) is 5.33. The van der Waals surface area contributed by atoms with Crippen molar-refractivity contribution in [1.29, 1.82) is 0 Å². The summed E-state index contributed by atoms with van der Waals surface area (Å²) in [5.41, 5.74) is 4.21. The van der Waals surface area contributed by atoms with Crippen molar-refractivity contribution in [2.75, 3.05) is 27.2 Å². The molecule has 1 saturated heterocycles. The molecule has 4 rings (SSSR count). The van der Waals surface area contributed by atoms with Crippen LogP contribution in [0, 0.1) is 5.92 Å². The lowest BCUT2D eigenvalue weighted by molar-refractivity contribution is 0.350. The van der Waals surface area contributed by atoms with Gasteiger partial charge in [-0.15, -0.1) is 0 Å². The van der Waals surface area contributed by atoms with E-state index >= 15 is 0 Å². The number of rotatable bonds is 6. The number of furan rings is 1. The van der Waals surface area contributed by atoms with Gasteiger partial charge in [-0.2, -0.15) is 0 Å². The van der Waals surface area contributed by atoms with Crippen molar-refractivity contribution in [3.05, 3.63) is 41.8 Å². The van der Waals surface area contributed by atoms with E-state index in [0.29, 0.717) is 0 Å². The van der Waals surface area contributed by atoms with Gasteiger partial charge in [0.25, 0.3) is 0 Å². The van der Waals surface area contributed by atoms with Gasteiger partial charge >= 0.3 is 0 Å². The molecule has 0 radical (unpaired) electrons. The fourth-order valence-electron chi connectivity index (χ4n) is 3.94. The van der Waals surface area contributed by atoms with Crippen molar-refractivity contribution in [2.24, 2.45) is 5.92 Å². The van der Waals surface area contributed by atoms with Gasteiger partial charge in [-0.1, -0.05) is 5.16 Å². The first-order chi connectivity index (χ1) is 12.7. The summed E-state index contributed by atoms with van der Waals surface area (Å²) in [7, 11) is 4.14. The predicted molar refractivity (Wildman–Crippen MR) is 103 cm³/mol. The summed E-state index contributed by atoms with van der Waals surface area (Å²) in [4.78, 5) is 2.15. The number of nitrogens with zero attached hydrogens (tertiary/aromatic N) is 2. The number of benzene rings is 1. The number of fused-ring (bicyclic) bond motifs is 1. The molecule has 0 aliphatic carbocycles. The molecule has 1 aromatic carbocycles. The summed E-state index contributed by atoms with van der Waals surface area (Å²) in [6, 6.07) is 8.20. The number of nitrogens with one attached hydrogen (secondary N) is 1. The van der Waals surface area contributed by atoms with Gasteiger partial charge in [-0.05, 0) is 83.1 Å². The SMILES string of the molecule is CN(C)Cc1c(-c2ccco2)ccc2c(CCC3CCNCC3)noc12. The summed E-state index contributed by atoms with van der Waals surface area (Å²) < 4.78 is 11.5. The summed E-state index contributed by atoms with van der Waals surface area (Å²) in [6.45, 7) is 3.07. The van der Waals surface area contributed by atoms with Crippen LogP contribution >= 0.6 is 0 Å². The van der Waals surface area contributed by atoms with E-state index in [1.807, 2.05) is 12.1 Å². The Morgan fingerprint density at radius 1 is 1.19 bits per heavy atom. The number of hydrogen-bond donors (Lipinski definition) is 1. The van der Waals surface area contributed by atoms with Crippen LogP contribution in [0.25, 0.3) is 22.3 Å². The minimum absolute atomic E-state index is 0.788. The Labute approximate surface area is 154 Å². The molecule has 0 unspecified atom stereocenters. The zero-order valence-corrected chi connectivity index (χ0v) is 15.6. The summed E-state index contributed by atoms with van der Waals surface area (Å²) >= 11 is 0. The van der Waals surface area contributed by atoms with Gasteiger partial charge in [0.2, 0.25) is 0 Å². The van der Waals surface area contributed by atoms with Crippen LogP contribution in [0.15, 0.2) is 39.5 Å². The molecule has 26 heavy (non-hydrogen) atoms. The Balaban J connectivity index is 1.65. The predicted octanol–water partition coefficient (Wildman–Crippen LogP) is 4.08. The Kier molecular flexibility index (Phi) is 5.09. The lowest BCUT2D eigenvalue weighted by Gasteiger charge is -2.21. The number of aromatic nitrogens is 1. The molecule has 0 amide bonds. The van der Waals surface area contributed by atoms with Gasteiger partial charge < -0.3 is 19.2 Å². The van der Waals surface area contributed by atoms with Gasteiger partial charge in [-0.3, -0.25) is 0 Å². The Bertz CT molecular complexity index is 846. The molecular formula is C21H27N3O2. The van der Waals surface area contributed by atoms with E-state index in [-0.39, 0.29) is 0 Å². The minimum atomic E-state index is 0.788. The van der Waals surface area contributed by atoms with Crippen LogP contribution in [-0.4, -0.2) is 37.2 Å². The molecule has 1 aliphatic rings. The van der Waals surface area contributed by atoms with Gasteiger partial charge in [0, 0.05) is 23.1 Å². The third-order valence-corrected chi connectivity index (χ3v) is 5.33. The molecule has 0 bridgehead atoms. The number of piperidine rings is 1. The van der Waals surface area contributed by atoms with Crippen LogP contribution < -0.4 is 5.32 Å². The van der Waals surface area contributed by atoms with Crippen LogP contribution in [0.4, 0.5) is 0 Å². The van der Waals surface area contributed by atoms with Crippen molar-refractivity contribution >= 4 is 11.0 Å². The van der Waals surface area contributed by atoms with Crippen molar-refractivity contribution in [3.63, 3.8) is 0 Å². The monoisotopic (exact) mass is 353 g/mol. The highest BCUT2D eigenvalue weighted by molar-refractivity contribution is 5.88. The molecule has 0 atom stereocenters. The first-order valence-electron chi connectivity index (χ1n) is 9.52. The molecule has 1 N–H and O–H groups in total. The molecule has 0 saturated carbocycles. The highest BCUT2D eigenvalue weighted by atomic mass is 16.5. The number of hydrogen-bond acceptors (Lipinski definition) is 5. The molecule has 5 heteroatoms. The molecule has 5 nitrogen and oxygen atoms in total. The molecule has 1 aliphatic heterocycles. The fourth-order valence-corrected chi connectivity index (χ4v) is 3.94. The van der Waals surface area contributed by atoms with Gasteiger partial charge in [0.15, 0.2) is 5.58 Å². The van der Waals surface area contributed by atoms with E-state index in [2.05, 4.69) is 41.6 Å².